The molecule has 0 aliphatic rings. The first-order chi connectivity index (χ1) is 16.8. The number of carbonyl (C=O) groups excluding carboxylic acids is 1. The summed E-state index contributed by atoms with van der Waals surface area (Å²) in [5, 5.41) is 0. The number of methoxy groups -OCH3 is 1. The molecule has 4 heteroatoms. The molecule has 0 aromatic heterocycles. The number of amides is 1. The third-order valence-corrected chi connectivity index (χ3v) is 7.21. The molecule has 0 radical (unpaired) electrons. The van der Waals surface area contributed by atoms with Gasteiger partial charge in [-0.05, 0) is 114 Å². The molecular weight excluding hydrogens is 444 g/mol. The number of ether oxygens (including phenoxy) is 1. The Morgan fingerprint density at radius 2 is 1.64 bits per heavy atom. The highest BCUT2D eigenvalue weighted by Crippen LogP contribution is 2.28. The van der Waals surface area contributed by atoms with E-state index in [4.69, 9.17) is 9.73 Å². The van der Waals surface area contributed by atoms with E-state index in [1.807, 2.05) is 11.9 Å². The minimum Gasteiger partial charge on any atom is -0.496 e. The van der Waals surface area contributed by atoms with Crippen molar-refractivity contribution in [2.45, 2.75) is 120 Å². The molecule has 0 heterocycles. The lowest BCUT2D eigenvalue weighted by Crippen LogP contribution is -2.43. The second-order valence-electron chi connectivity index (χ2n) is 11.9. The second-order valence-corrected chi connectivity index (χ2v) is 11.9. The molecule has 0 aliphatic carbocycles. The monoisotopic (exact) mass is 498 g/mol. The normalized spacial score (nSPS) is 13.3. The second kappa shape index (κ2) is 14.6. The maximum Gasteiger partial charge on any atom is 0.272 e. The van der Waals surface area contributed by atoms with Crippen molar-refractivity contribution in [1.29, 1.82) is 0 Å². The summed E-state index contributed by atoms with van der Waals surface area (Å²) in [5.41, 5.74) is 6.29. The highest BCUT2D eigenvalue weighted by Gasteiger charge is 2.27. The summed E-state index contributed by atoms with van der Waals surface area (Å²) in [6.45, 7) is 21.5. The fraction of sp³-hybridized carbons (Fsp3) is 0.688. The van der Waals surface area contributed by atoms with Crippen LogP contribution in [0.2, 0.25) is 0 Å². The van der Waals surface area contributed by atoms with Crippen molar-refractivity contribution in [1.82, 2.24) is 4.90 Å². The zero-order valence-corrected chi connectivity index (χ0v) is 25.5. The number of hydrogen-bond donors (Lipinski definition) is 0. The average molecular weight is 499 g/mol. The largest absolute Gasteiger partial charge is 0.496 e. The highest BCUT2D eigenvalue weighted by molar-refractivity contribution is 5.98. The highest BCUT2D eigenvalue weighted by atomic mass is 16.5. The van der Waals surface area contributed by atoms with E-state index < -0.39 is 0 Å². The van der Waals surface area contributed by atoms with Crippen LogP contribution in [0.4, 0.5) is 0 Å². The molecule has 1 amide bonds. The summed E-state index contributed by atoms with van der Waals surface area (Å²) in [5.74, 6) is 1.97. The van der Waals surface area contributed by atoms with Gasteiger partial charge in [-0.3, -0.25) is 9.79 Å². The molecule has 204 valence electrons. The van der Waals surface area contributed by atoms with Gasteiger partial charge in [0.1, 0.15) is 11.4 Å². The average Bonchev–Trinajstić information content (AvgIpc) is 2.79. The zero-order chi connectivity index (χ0) is 27.6. The van der Waals surface area contributed by atoms with Crippen molar-refractivity contribution in [3.8, 4) is 5.75 Å². The van der Waals surface area contributed by atoms with Gasteiger partial charge in [0.15, 0.2) is 0 Å². The third-order valence-electron chi connectivity index (χ3n) is 7.21. The Bertz CT molecular complexity index is 913. The topological polar surface area (TPSA) is 41.9 Å². The molecule has 0 saturated carbocycles. The fourth-order valence-electron chi connectivity index (χ4n) is 4.61. The van der Waals surface area contributed by atoms with Crippen LogP contribution in [-0.4, -0.2) is 36.2 Å². The van der Waals surface area contributed by atoms with E-state index in [0.29, 0.717) is 17.5 Å². The van der Waals surface area contributed by atoms with E-state index in [2.05, 4.69) is 81.4 Å². The van der Waals surface area contributed by atoms with Crippen LogP contribution in [0.15, 0.2) is 28.4 Å². The first kappa shape index (κ1) is 31.9. The molecule has 0 bridgehead atoms. The smallest absolute Gasteiger partial charge is 0.272 e. The summed E-state index contributed by atoms with van der Waals surface area (Å²) < 4.78 is 5.73. The van der Waals surface area contributed by atoms with Gasteiger partial charge < -0.3 is 9.64 Å². The lowest BCUT2D eigenvalue weighted by atomic mass is 9.93. The van der Waals surface area contributed by atoms with Crippen LogP contribution in [-0.2, 0) is 17.6 Å². The van der Waals surface area contributed by atoms with Gasteiger partial charge in [-0.25, -0.2) is 0 Å². The van der Waals surface area contributed by atoms with Crippen LogP contribution in [0.1, 0.15) is 111 Å². The van der Waals surface area contributed by atoms with E-state index in [1.54, 1.807) is 7.11 Å². The number of carbonyl (C=O) groups is 1. The Labute approximate surface area is 222 Å². The number of nitrogens with zero attached hydrogens (tertiary/aromatic N) is 2. The maximum absolute atomic E-state index is 13.7. The molecule has 0 saturated heterocycles. The Morgan fingerprint density at radius 1 is 1.06 bits per heavy atom. The summed E-state index contributed by atoms with van der Waals surface area (Å²) >= 11 is 0. The van der Waals surface area contributed by atoms with E-state index in [9.17, 15) is 4.79 Å². The summed E-state index contributed by atoms with van der Waals surface area (Å²) in [7, 11) is 3.64. The van der Waals surface area contributed by atoms with Crippen LogP contribution in [0.5, 0.6) is 5.75 Å². The molecule has 0 spiro atoms. The number of allylic oxidation sites excluding steroid dienone is 1. The summed E-state index contributed by atoms with van der Waals surface area (Å²) in [6, 6.07) is 4.46. The lowest BCUT2D eigenvalue weighted by Gasteiger charge is -2.32. The number of benzene rings is 1. The summed E-state index contributed by atoms with van der Waals surface area (Å²) in [6.07, 6.45) is 7.12. The molecule has 1 rings (SSSR count). The summed E-state index contributed by atoms with van der Waals surface area (Å²) in [4.78, 5) is 20.5. The van der Waals surface area contributed by atoms with Gasteiger partial charge in [-0.15, -0.1) is 0 Å². The standard InChI is InChI=1S/C32H54N2O2/c1-13-15-26(16-14-2)25(7)33-30(31(35)34(11)32(8,9)10)23(5)17-18-27-21-29(36-12)28(19-22(3)4)20-24(27)6/h20-22,26H,13-19H2,1-12H3/b30-23+,33-25?. The molecule has 4 nitrogen and oxygen atoms in total. The van der Waals surface area contributed by atoms with E-state index >= 15 is 0 Å². The van der Waals surface area contributed by atoms with Crippen LogP contribution < -0.4 is 4.74 Å². The van der Waals surface area contributed by atoms with Crippen molar-refractivity contribution >= 4 is 11.6 Å². The first-order valence-electron chi connectivity index (χ1n) is 14.0. The van der Waals surface area contributed by atoms with Crippen LogP contribution in [0.25, 0.3) is 0 Å². The van der Waals surface area contributed by atoms with Crippen molar-refractivity contribution in [2.75, 3.05) is 14.2 Å². The molecule has 1 aromatic carbocycles. The Kier molecular flexibility index (Phi) is 12.9. The van der Waals surface area contributed by atoms with Gasteiger partial charge in [-0.1, -0.05) is 46.6 Å². The molecule has 36 heavy (non-hydrogen) atoms. The van der Waals surface area contributed by atoms with Crippen LogP contribution in [0, 0.1) is 18.8 Å². The maximum atomic E-state index is 13.7. The lowest BCUT2D eigenvalue weighted by molar-refractivity contribution is -0.130. The number of aryl methyl sites for hydroxylation is 2. The van der Waals surface area contributed by atoms with Crippen molar-refractivity contribution in [3.05, 3.63) is 40.1 Å². The van der Waals surface area contributed by atoms with Crippen molar-refractivity contribution < 1.29 is 9.53 Å². The molecular formula is C32H54N2O2. The quantitative estimate of drug-likeness (QED) is 0.202. The number of likely N-dealkylation sites (N-methyl/N-ethyl adjacent to an activating group) is 1. The number of aliphatic imine (C=N–C) groups is 1. The molecule has 1 aromatic rings. The Balaban J connectivity index is 3.41. The van der Waals surface area contributed by atoms with Crippen molar-refractivity contribution in [2.24, 2.45) is 16.8 Å². The van der Waals surface area contributed by atoms with Crippen LogP contribution in [0.3, 0.4) is 0 Å². The van der Waals surface area contributed by atoms with Crippen molar-refractivity contribution in [3.63, 3.8) is 0 Å². The Hall–Kier alpha value is -2.10. The molecule has 0 aliphatic heterocycles. The van der Waals surface area contributed by atoms with E-state index in [1.165, 1.54) is 16.7 Å². The molecule has 0 N–H and O–H groups in total. The van der Waals surface area contributed by atoms with Gasteiger partial charge >= 0.3 is 0 Å². The zero-order valence-electron chi connectivity index (χ0n) is 25.5. The van der Waals surface area contributed by atoms with Crippen LogP contribution >= 0.6 is 0 Å². The number of rotatable bonds is 13. The van der Waals surface area contributed by atoms with E-state index in [-0.39, 0.29) is 11.4 Å². The van der Waals surface area contributed by atoms with E-state index in [0.717, 1.165) is 62.0 Å². The number of hydrogen-bond acceptors (Lipinski definition) is 3. The minimum absolute atomic E-state index is 0.00711. The van der Waals surface area contributed by atoms with Gasteiger partial charge in [0.05, 0.1) is 7.11 Å². The molecule has 0 fully saturated rings. The van der Waals surface area contributed by atoms with Gasteiger partial charge in [-0.2, -0.15) is 0 Å². The third kappa shape index (κ3) is 9.41. The van der Waals surface area contributed by atoms with Gasteiger partial charge in [0.25, 0.3) is 5.91 Å². The fourth-order valence-corrected chi connectivity index (χ4v) is 4.61. The van der Waals surface area contributed by atoms with Gasteiger partial charge in [0.2, 0.25) is 0 Å². The van der Waals surface area contributed by atoms with Gasteiger partial charge in [0, 0.05) is 18.3 Å². The SMILES string of the molecule is CCCC(CCC)C(C)=N/C(C(=O)N(C)C(C)(C)C)=C(\C)CCc1cc(OC)c(CC(C)C)cc1C. The predicted octanol–water partition coefficient (Wildman–Crippen LogP) is 8.34. The molecule has 0 atom stereocenters. The first-order valence-corrected chi connectivity index (χ1v) is 14.0. The predicted molar refractivity (Wildman–Crippen MR) is 156 cm³/mol. The molecule has 0 unspecified atom stereocenters. The minimum atomic E-state index is -0.269. The Morgan fingerprint density at radius 3 is 2.11 bits per heavy atom.